The van der Waals surface area contributed by atoms with Crippen molar-refractivity contribution in [2.24, 2.45) is 0 Å². The second-order valence-electron chi connectivity index (χ2n) is 11.9. The molecule has 0 bridgehead atoms. The summed E-state index contributed by atoms with van der Waals surface area (Å²) < 4.78 is 29.2. The molecule has 0 heterocycles. The van der Waals surface area contributed by atoms with Gasteiger partial charge in [0.05, 0.1) is 18.3 Å². The van der Waals surface area contributed by atoms with E-state index in [1.165, 1.54) is 27.8 Å². The van der Waals surface area contributed by atoms with Crippen LogP contribution < -0.4 is 4.74 Å². The Morgan fingerprint density at radius 3 is 1.09 bits per heavy atom. The molecule has 1 aliphatic carbocycles. The van der Waals surface area contributed by atoms with E-state index in [9.17, 15) is 0 Å². The molecular weight excluding hydrogens is 572 g/mol. The molecule has 1 aliphatic rings. The molecule has 0 unspecified atom stereocenters. The van der Waals surface area contributed by atoms with Crippen molar-refractivity contribution in [3.63, 3.8) is 0 Å². The molecule has 5 aromatic rings. The summed E-state index contributed by atoms with van der Waals surface area (Å²) in [4.78, 5) is 0. The molecule has 46 heavy (non-hydrogen) atoms. The lowest BCUT2D eigenvalue weighted by molar-refractivity contribution is -0.203. The second-order valence-corrected chi connectivity index (χ2v) is 11.9. The molecule has 5 heteroatoms. The summed E-state index contributed by atoms with van der Waals surface area (Å²) in [6.07, 6.45) is 3.16. The molecule has 1 fully saturated rings. The zero-order chi connectivity index (χ0) is 31.8. The molecule has 0 amide bonds. The fourth-order valence-corrected chi connectivity index (χ4v) is 6.64. The standard InChI is InChI=1S/C41H42O5/c1-42-29-45-40(37-19-13-34(14-20-37)31-7-5-4-6-8-31)25-27-41(28-26-40,46-30-43-2)38-21-15-35(16-22-38)32-9-11-33(12-10-32)36-17-23-39(44-3)24-18-36/h4-24H,25-30H2,1-3H3. The van der Waals surface area contributed by atoms with Gasteiger partial charge in [0.25, 0.3) is 0 Å². The molecule has 236 valence electrons. The van der Waals surface area contributed by atoms with Crippen LogP contribution in [0.5, 0.6) is 5.75 Å². The molecule has 6 rings (SSSR count). The van der Waals surface area contributed by atoms with Gasteiger partial charge >= 0.3 is 0 Å². The summed E-state index contributed by atoms with van der Waals surface area (Å²) >= 11 is 0. The van der Waals surface area contributed by atoms with Crippen LogP contribution in [0.1, 0.15) is 36.8 Å². The molecule has 0 aromatic heterocycles. The van der Waals surface area contributed by atoms with Gasteiger partial charge < -0.3 is 23.7 Å². The first kappa shape index (κ1) is 31.7. The maximum Gasteiger partial charge on any atom is 0.147 e. The van der Waals surface area contributed by atoms with Gasteiger partial charge in [0.1, 0.15) is 19.3 Å². The van der Waals surface area contributed by atoms with Crippen LogP contribution in [-0.2, 0) is 30.1 Å². The largest absolute Gasteiger partial charge is 0.497 e. The Morgan fingerprint density at radius 1 is 0.413 bits per heavy atom. The van der Waals surface area contributed by atoms with Crippen LogP contribution in [0.25, 0.3) is 33.4 Å². The van der Waals surface area contributed by atoms with Crippen molar-refractivity contribution < 1.29 is 23.7 Å². The number of hydrogen-bond donors (Lipinski definition) is 0. The lowest BCUT2D eigenvalue weighted by Gasteiger charge is -2.46. The van der Waals surface area contributed by atoms with Crippen LogP contribution >= 0.6 is 0 Å². The normalized spacial score (nSPS) is 19.5. The number of ether oxygens (including phenoxy) is 5. The van der Waals surface area contributed by atoms with E-state index in [0.717, 1.165) is 48.1 Å². The highest BCUT2D eigenvalue weighted by Gasteiger charge is 2.46. The predicted octanol–water partition coefficient (Wildman–Crippen LogP) is 9.60. The van der Waals surface area contributed by atoms with Crippen LogP contribution in [-0.4, -0.2) is 34.9 Å². The Bertz CT molecular complexity index is 1650. The summed E-state index contributed by atoms with van der Waals surface area (Å²) in [6.45, 7) is 0.463. The molecule has 5 aromatic carbocycles. The molecule has 0 spiro atoms. The topological polar surface area (TPSA) is 46.2 Å². The molecule has 0 N–H and O–H groups in total. The summed E-state index contributed by atoms with van der Waals surface area (Å²) in [7, 11) is 5.04. The number of methoxy groups -OCH3 is 3. The van der Waals surface area contributed by atoms with E-state index in [0.29, 0.717) is 0 Å². The third-order valence-electron chi connectivity index (χ3n) is 9.34. The number of rotatable bonds is 12. The van der Waals surface area contributed by atoms with Gasteiger partial charge in [-0.25, -0.2) is 0 Å². The Morgan fingerprint density at radius 2 is 0.739 bits per heavy atom. The van der Waals surface area contributed by atoms with Crippen LogP contribution in [0.4, 0.5) is 0 Å². The average Bonchev–Trinajstić information content (AvgIpc) is 3.14. The fraction of sp³-hybridized carbons (Fsp3) is 0.268. The maximum atomic E-state index is 6.53. The van der Waals surface area contributed by atoms with Gasteiger partial charge in [-0.2, -0.15) is 0 Å². The lowest BCUT2D eigenvalue weighted by Crippen LogP contribution is -2.43. The van der Waals surface area contributed by atoms with E-state index in [1.807, 2.05) is 18.2 Å². The summed E-state index contributed by atoms with van der Waals surface area (Å²) in [5.74, 6) is 0.858. The van der Waals surface area contributed by atoms with Crippen molar-refractivity contribution in [3.8, 4) is 39.1 Å². The van der Waals surface area contributed by atoms with Crippen LogP contribution in [0, 0.1) is 0 Å². The van der Waals surface area contributed by atoms with Crippen LogP contribution in [0.2, 0.25) is 0 Å². The second kappa shape index (κ2) is 14.4. The van der Waals surface area contributed by atoms with E-state index in [4.69, 9.17) is 23.7 Å². The van der Waals surface area contributed by atoms with E-state index in [2.05, 4.69) is 109 Å². The van der Waals surface area contributed by atoms with Gasteiger partial charge in [0.15, 0.2) is 0 Å². The molecule has 0 atom stereocenters. The highest BCUT2D eigenvalue weighted by atomic mass is 16.7. The van der Waals surface area contributed by atoms with Crippen LogP contribution in [0.3, 0.4) is 0 Å². The molecule has 5 nitrogen and oxygen atoms in total. The lowest BCUT2D eigenvalue weighted by atomic mass is 9.70. The molecular formula is C41H42O5. The highest BCUT2D eigenvalue weighted by Crippen LogP contribution is 2.50. The first-order valence-electron chi connectivity index (χ1n) is 15.9. The van der Waals surface area contributed by atoms with E-state index >= 15 is 0 Å². The smallest absolute Gasteiger partial charge is 0.147 e. The zero-order valence-electron chi connectivity index (χ0n) is 26.9. The Kier molecular flexibility index (Phi) is 9.96. The fourth-order valence-electron chi connectivity index (χ4n) is 6.64. The predicted molar refractivity (Wildman–Crippen MR) is 183 cm³/mol. The molecule has 1 saturated carbocycles. The monoisotopic (exact) mass is 614 g/mol. The quantitative estimate of drug-likeness (QED) is 0.131. The van der Waals surface area contributed by atoms with Crippen molar-refractivity contribution in [1.82, 2.24) is 0 Å². The van der Waals surface area contributed by atoms with Gasteiger partial charge in [0.2, 0.25) is 0 Å². The van der Waals surface area contributed by atoms with E-state index < -0.39 is 11.2 Å². The Labute approximate surface area is 272 Å². The SMILES string of the molecule is COCOC1(c2ccc(-c3ccccc3)cc2)CCC(OCOC)(c2ccc(-c3ccc(-c4ccc(OC)cc4)cc3)cc2)CC1. The van der Waals surface area contributed by atoms with Gasteiger partial charge in [0, 0.05) is 14.2 Å². The number of benzene rings is 5. The first-order valence-corrected chi connectivity index (χ1v) is 15.9. The summed E-state index contributed by atoms with van der Waals surface area (Å²) in [5.41, 5.74) is 8.45. The third kappa shape index (κ3) is 6.79. The first-order chi connectivity index (χ1) is 22.6. The number of hydrogen-bond acceptors (Lipinski definition) is 5. The Balaban J connectivity index is 1.21. The van der Waals surface area contributed by atoms with Gasteiger partial charge in [-0.1, -0.05) is 115 Å². The van der Waals surface area contributed by atoms with Gasteiger partial charge in [-0.15, -0.1) is 0 Å². The average molecular weight is 615 g/mol. The zero-order valence-corrected chi connectivity index (χ0v) is 26.9. The van der Waals surface area contributed by atoms with Gasteiger partial charge in [-0.3, -0.25) is 0 Å². The van der Waals surface area contributed by atoms with Crippen molar-refractivity contribution in [2.45, 2.75) is 36.9 Å². The van der Waals surface area contributed by atoms with Crippen molar-refractivity contribution in [2.75, 3.05) is 34.9 Å². The van der Waals surface area contributed by atoms with E-state index in [-0.39, 0.29) is 13.6 Å². The minimum absolute atomic E-state index is 0.228. The van der Waals surface area contributed by atoms with Crippen molar-refractivity contribution in [3.05, 3.63) is 139 Å². The maximum absolute atomic E-state index is 6.53. The Hall–Kier alpha value is -4.26. The van der Waals surface area contributed by atoms with Crippen LogP contribution in [0.15, 0.2) is 127 Å². The molecule has 0 radical (unpaired) electrons. The highest BCUT2D eigenvalue weighted by molar-refractivity contribution is 5.71. The minimum atomic E-state index is -0.476. The molecule has 0 aliphatic heterocycles. The van der Waals surface area contributed by atoms with Crippen molar-refractivity contribution >= 4 is 0 Å². The van der Waals surface area contributed by atoms with E-state index in [1.54, 1.807) is 21.3 Å². The van der Waals surface area contributed by atoms with Gasteiger partial charge in [-0.05, 0) is 82.3 Å². The van der Waals surface area contributed by atoms with Crippen molar-refractivity contribution in [1.29, 1.82) is 0 Å². The third-order valence-corrected chi connectivity index (χ3v) is 9.34. The molecule has 0 saturated heterocycles. The summed E-state index contributed by atoms with van der Waals surface area (Å²) in [5, 5.41) is 0. The summed E-state index contributed by atoms with van der Waals surface area (Å²) in [6, 6.07) is 44.9. The minimum Gasteiger partial charge on any atom is -0.497 e.